The molecule has 0 aromatic carbocycles. The van der Waals surface area contributed by atoms with Gasteiger partial charge in [-0.25, -0.2) is 8.70 Å². The monoisotopic (exact) mass is 487 g/mol. The quantitative estimate of drug-likeness (QED) is 0.112. The Kier molecular flexibility index (Phi) is 24.2. The summed E-state index contributed by atoms with van der Waals surface area (Å²) in [6.07, 6.45) is 7.98. The van der Waals surface area contributed by atoms with Gasteiger partial charge in [0.05, 0.1) is 26.4 Å². The van der Waals surface area contributed by atoms with E-state index in [1.165, 1.54) is 25.8 Å². The third-order valence-corrected chi connectivity index (χ3v) is 4.93. The summed E-state index contributed by atoms with van der Waals surface area (Å²) in [6, 6.07) is 0. The molecule has 0 aromatic rings. The molecule has 6 heteroatoms. The Bertz CT molecular complexity index is 655. The van der Waals surface area contributed by atoms with Gasteiger partial charge < -0.3 is 8.92 Å². The fourth-order valence-electron chi connectivity index (χ4n) is 2.03. The molecule has 192 valence electrons. The lowest BCUT2D eigenvalue weighted by Gasteiger charge is -2.15. The van der Waals surface area contributed by atoms with E-state index in [-0.39, 0.29) is 16.9 Å². The zero-order valence-corrected chi connectivity index (χ0v) is 23.2. The van der Waals surface area contributed by atoms with Crippen molar-refractivity contribution < 1.29 is 17.7 Å². The number of nitrogens with zero attached hydrogens (tertiary/aromatic N) is 1. The second-order valence-corrected chi connectivity index (χ2v) is 9.13. The average Bonchev–Trinajstić information content (AvgIpc) is 2.78. The summed E-state index contributed by atoms with van der Waals surface area (Å²) in [4.78, 5) is 0. The van der Waals surface area contributed by atoms with Crippen molar-refractivity contribution in [2.24, 2.45) is 11.8 Å². The van der Waals surface area contributed by atoms with Crippen LogP contribution in [-0.2, 0) is 8.92 Å². The van der Waals surface area contributed by atoms with E-state index < -0.39 is 11.7 Å². The van der Waals surface area contributed by atoms with E-state index in [0.717, 1.165) is 24.8 Å². The molecule has 0 heterocycles. The van der Waals surface area contributed by atoms with E-state index >= 15 is 0 Å². The Hall–Kier alpha value is -1.63. The molecular formula is C27H47F2NO2S. The molecule has 0 amide bonds. The number of rotatable bonds is 13. The molecule has 0 rings (SSSR count). The molecule has 33 heavy (non-hydrogen) atoms. The Balaban J connectivity index is -0.000000842. The number of hydrogen-bond donors (Lipinski definition) is 0. The highest BCUT2D eigenvalue weighted by molar-refractivity contribution is 7.92. The largest absolute Gasteiger partial charge is 0.494 e. The first kappa shape index (κ1) is 35.9. The van der Waals surface area contributed by atoms with E-state index in [9.17, 15) is 8.78 Å². The molecule has 2 unspecified atom stereocenters. The predicted molar refractivity (Wildman–Crippen MR) is 144 cm³/mol. The summed E-state index contributed by atoms with van der Waals surface area (Å²) in [5, 5.41) is 0. The van der Waals surface area contributed by atoms with Crippen LogP contribution in [0.4, 0.5) is 8.78 Å². The van der Waals surface area contributed by atoms with Gasteiger partial charge in [0.2, 0.25) is 5.83 Å². The van der Waals surface area contributed by atoms with Crippen molar-refractivity contribution in [3.63, 3.8) is 0 Å². The number of allylic oxidation sites excluding steroid dienone is 7. The van der Waals surface area contributed by atoms with Crippen molar-refractivity contribution in [1.82, 2.24) is 4.31 Å². The Morgan fingerprint density at radius 3 is 1.82 bits per heavy atom. The molecule has 0 saturated carbocycles. The molecule has 0 aliphatic heterocycles. The third kappa shape index (κ3) is 19.5. The normalized spacial score (nSPS) is 13.1. The summed E-state index contributed by atoms with van der Waals surface area (Å²) in [7, 11) is 6.71. The van der Waals surface area contributed by atoms with Crippen LogP contribution in [0.3, 0.4) is 0 Å². The van der Waals surface area contributed by atoms with Gasteiger partial charge in [-0.1, -0.05) is 97.9 Å². The molecule has 3 nitrogen and oxygen atoms in total. The highest BCUT2D eigenvalue weighted by Gasteiger charge is 2.15. The highest BCUT2D eigenvalue weighted by atomic mass is 32.2. The summed E-state index contributed by atoms with van der Waals surface area (Å²) < 4.78 is 38.7. The van der Waals surface area contributed by atoms with Crippen LogP contribution in [0.5, 0.6) is 0 Å². The lowest BCUT2D eigenvalue weighted by atomic mass is 9.91. The van der Waals surface area contributed by atoms with Crippen molar-refractivity contribution in [1.29, 1.82) is 0 Å². The summed E-state index contributed by atoms with van der Waals surface area (Å²) in [6.45, 7) is 25.3. The summed E-state index contributed by atoms with van der Waals surface area (Å²) >= 11 is 1.32. The number of hydrogen-bond acceptors (Lipinski definition) is 4. The number of methoxy groups -OCH3 is 1. The van der Waals surface area contributed by atoms with E-state index in [1.54, 1.807) is 19.3 Å². The van der Waals surface area contributed by atoms with Crippen LogP contribution in [0.25, 0.3) is 0 Å². The van der Waals surface area contributed by atoms with Crippen LogP contribution < -0.4 is 0 Å². The van der Waals surface area contributed by atoms with Gasteiger partial charge in [0.15, 0.2) is 5.83 Å². The Labute approximate surface area is 207 Å². The molecule has 0 bridgehead atoms. The van der Waals surface area contributed by atoms with E-state index in [2.05, 4.69) is 69.9 Å². The molecule has 0 N–H and O–H groups in total. The van der Waals surface area contributed by atoms with Gasteiger partial charge in [0, 0.05) is 5.57 Å². The zero-order valence-electron chi connectivity index (χ0n) is 22.4. The average molecular weight is 488 g/mol. The van der Waals surface area contributed by atoms with Crippen molar-refractivity contribution in [3.8, 4) is 0 Å². The molecule has 0 aromatic heterocycles. The molecule has 0 aliphatic carbocycles. The highest BCUT2D eigenvalue weighted by Crippen LogP contribution is 2.27. The Morgan fingerprint density at radius 1 is 0.939 bits per heavy atom. The van der Waals surface area contributed by atoms with Crippen LogP contribution in [-0.4, -0.2) is 32.6 Å². The van der Waals surface area contributed by atoms with E-state index in [1.807, 2.05) is 18.4 Å². The maximum absolute atomic E-state index is 14.0. The lowest BCUT2D eigenvalue weighted by Crippen LogP contribution is -2.01. The smallest absolute Gasteiger partial charge is 0.200 e. The third-order valence-electron chi connectivity index (χ3n) is 4.48. The molecule has 2 atom stereocenters. The standard InChI is InChI=1S/C21H30F2O.C3H9NOS.C3H8/c1-9-14(2)10-11-15(3)16(4)12-13-17(5)18(6)20(22)21(23)19(7)24-8;1-4(2)6-5-3;1-3-2/h12-15H,4-7,9-11H2,1-3,8H3;1-3H3;3H2,1-2H3/b13-12-,21-20-;;. The van der Waals surface area contributed by atoms with Crippen molar-refractivity contribution in [3.05, 3.63) is 72.6 Å². The van der Waals surface area contributed by atoms with Gasteiger partial charge in [-0.05, 0) is 37.9 Å². The SMILES string of the molecule is C=C(/C=C\C(=C)C(C)CCC(C)CC)C(=C)/C(F)=C(/F)C(=C)OC.CCC.COSN(C)C. The molecule has 0 saturated heterocycles. The fraction of sp³-hybridized carbons (Fsp3) is 0.556. The van der Waals surface area contributed by atoms with Crippen molar-refractivity contribution in [2.75, 3.05) is 28.3 Å². The molecule has 0 spiro atoms. The first-order valence-corrected chi connectivity index (χ1v) is 12.0. The van der Waals surface area contributed by atoms with Crippen LogP contribution >= 0.6 is 12.2 Å². The van der Waals surface area contributed by atoms with Crippen molar-refractivity contribution in [2.45, 2.75) is 60.3 Å². The van der Waals surface area contributed by atoms with E-state index in [4.69, 9.17) is 0 Å². The second kappa shape index (κ2) is 22.2. The maximum atomic E-state index is 14.0. The summed E-state index contributed by atoms with van der Waals surface area (Å²) in [5.74, 6) is -1.66. The minimum atomic E-state index is -1.17. The van der Waals surface area contributed by atoms with Crippen LogP contribution in [0.2, 0.25) is 0 Å². The number of ether oxygens (including phenoxy) is 1. The predicted octanol–water partition coefficient (Wildman–Crippen LogP) is 9.16. The fourth-order valence-corrected chi connectivity index (χ4v) is 2.33. The topological polar surface area (TPSA) is 21.7 Å². The van der Waals surface area contributed by atoms with Gasteiger partial charge >= 0.3 is 0 Å². The van der Waals surface area contributed by atoms with Crippen LogP contribution in [0.1, 0.15) is 60.3 Å². The second-order valence-electron chi connectivity index (χ2n) is 7.92. The van der Waals surface area contributed by atoms with Gasteiger partial charge in [0.25, 0.3) is 0 Å². The molecule has 0 radical (unpaired) electrons. The van der Waals surface area contributed by atoms with Gasteiger partial charge in [-0.3, -0.25) is 0 Å². The Morgan fingerprint density at radius 2 is 1.45 bits per heavy atom. The minimum Gasteiger partial charge on any atom is -0.494 e. The summed E-state index contributed by atoms with van der Waals surface area (Å²) in [5.41, 5.74) is 1.07. The van der Waals surface area contributed by atoms with Gasteiger partial charge in [-0.2, -0.15) is 4.39 Å². The molecular weight excluding hydrogens is 440 g/mol. The van der Waals surface area contributed by atoms with Gasteiger partial charge in [-0.15, -0.1) is 0 Å². The van der Waals surface area contributed by atoms with Crippen molar-refractivity contribution >= 4 is 12.2 Å². The first-order valence-electron chi connectivity index (χ1n) is 11.3. The van der Waals surface area contributed by atoms with Crippen LogP contribution in [0, 0.1) is 11.8 Å². The maximum Gasteiger partial charge on any atom is 0.200 e. The van der Waals surface area contributed by atoms with Crippen LogP contribution in [0.15, 0.2) is 72.6 Å². The first-order chi connectivity index (χ1) is 15.3. The molecule has 0 fully saturated rings. The zero-order chi connectivity index (χ0) is 26.6. The molecule has 0 aliphatic rings. The van der Waals surface area contributed by atoms with E-state index in [0.29, 0.717) is 11.8 Å². The minimum absolute atomic E-state index is 0.137. The van der Waals surface area contributed by atoms with Gasteiger partial charge in [0.1, 0.15) is 5.76 Å². The number of halogens is 2. The lowest BCUT2D eigenvalue weighted by molar-refractivity contribution is 0.281.